The summed E-state index contributed by atoms with van der Waals surface area (Å²) in [5.41, 5.74) is 3.12. The maximum absolute atomic E-state index is 12.8. The van der Waals surface area contributed by atoms with Crippen molar-refractivity contribution in [2.75, 3.05) is 13.7 Å². The predicted molar refractivity (Wildman–Crippen MR) is 127 cm³/mol. The lowest BCUT2D eigenvalue weighted by Gasteiger charge is -2.16. The molecule has 4 rings (SSSR count). The number of aromatic nitrogens is 1. The second kappa shape index (κ2) is 8.99. The summed E-state index contributed by atoms with van der Waals surface area (Å²) >= 11 is 0.683. The number of nitrogens with one attached hydrogen (secondary N) is 2. The normalized spacial score (nSPS) is 14.0. The molecule has 0 spiro atoms. The molecule has 0 radical (unpaired) electrons. The number of aryl methyl sites for hydroxylation is 1. The van der Waals surface area contributed by atoms with Crippen LogP contribution in [0.5, 0.6) is 5.75 Å². The van der Waals surface area contributed by atoms with Crippen LogP contribution in [0, 0.1) is 11.3 Å². The Morgan fingerprint density at radius 3 is 2.74 bits per heavy atom. The van der Waals surface area contributed by atoms with Crippen LogP contribution in [0.1, 0.15) is 18.4 Å². The van der Waals surface area contributed by atoms with E-state index >= 15 is 0 Å². The Labute approximate surface area is 185 Å². The SMILES string of the molecule is CN/C=C(\C=N)c1ccc2c(=O)n(C)cc(-c3cc(SO)ccc3OCC3CC3)c2c1. The van der Waals surface area contributed by atoms with Crippen molar-refractivity contribution >= 4 is 34.6 Å². The van der Waals surface area contributed by atoms with E-state index in [1.807, 2.05) is 36.5 Å². The van der Waals surface area contributed by atoms with E-state index in [2.05, 4.69) is 5.32 Å². The van der Waals surface area contributed by atoms with Gasteiger partial charge < -0.3 is 24.6 Å². The van der Waals surface area contributed by atoms with Crippen molar-refractivity contribution in [2.45, 2.75) is 17.7 Å². The van der Waals surface area contributed by atoms with Crippen LogP contribution in [0.25, 0.3) is 27.5 Å². The standard InChI is InChI=1S/C24H25N3O3S/c1-26-12-17(11-25)16-5-7-19-20(9-16)22(13-27(2)24(19)28)21-10-18(31-29)6-8-23(21)30-14-15-3-4-15/h5-13,15,25-26,29H,3-4,14H2,1-2H3/b17-12+,25-11?. The van der Waals surface area contributed by atoms with E-state index in [9.17, 15) is 9.35 Å². The Balaban J connectivity index is 1.95. The molecule has 31 heavy (non-hydrogen) atoms. The number of rotatable bonds is 8. The average molecular weight is 436 g/mol. The second-order valence-corrected chi connectivity index (χ2v) is 8.41. The highest BCUT2D eigenvalue weighted by molar-refractivity contribution is 7.93. The van der Waals surface area contributed by atoms with Gasteiger partial charge in [-0.1, -0.05) is 6.07 Å². The summed E-state index contributed by atoms with van der Waals surface area (Å²) < 4.78 is 17.3. The van der Waals surface area contributed by atoms with Gasteiger partial charge in [-0.15, -0.1) is 0 Å². The largest absolute Gasteiger partial charge is 0.493 e. The van der Waals surface area contributed by atoms with Gasteiger partial charge in [0.05, 0.1) is 6.61 Å². The molecule has 3 N–H and O–H groups in total. The quantitative estimate of drug-likeness (QED) is 0.350. The summed E-state index contributed by atoms with van der Waals surface area (Å²) in [4.78, 5) is 13.5. The Morgan fingerprint density at radius 2 is 2.06 bits per heavy atom. The van der Waals surface area contributed by atoms with Gasteiger partial charge in [-0.3, -0.25) is 4.79 Å². The van der Waals surface area contributed by atoms with E-state index in [0.29, 0.717) is 40.4 Å². The molecule has 0 bridgehead atoms. The van der Waals surface area contributed by atoms with Crippen molar-refractivity contribution in [3.8, 4) is 16.9 Å². The van der Waals surface area contributed by atoms with Gasteiger partial charge in [0.1, 0.15) is 5.75 Å². The number of fused-ring (bicyclic) bond motifs is 1. The van der Waals surface area contributed by atoms with Crippen LogP contribution < -0.4 is 15.6 Å². The summed E-state index contributed by atoms with van der Waals surface area (Å²) in [6, 6.07) is 11.2. The summed E-state index contributed by atoms with van der Waals surface area (Å²) in [6.45, 7) is 0.663. The minimum atomic E-state index is -0.0903. The lowest BCUT2D eigenvalue weighted by Crippen LogP contribution is -2.17. The summed E-state index contributed by atoms with van der Waals surface area (Å²) in [5.74, 6) is 1.33. The first-order chi connectivity index (χ1) is 15.0. The molecule has 1 aliphatic carbocycles. The van der Waals surface area contributed by atoms with Gasteiger partial charge in [0, 0.05) is 71.7 Å². The molecule has 7 heteroatoms. The molecule has 1 heterocycles. The molecule has 2 aromatic carbocycles. The Morgan fingerprint density at radius 1 is 1.26 bits per heavy atom. The maximum Gasteiger partial charge on any atom is 0.258 e. The van der Waals surface area contributed by atoms with E-state index in [1.165, 1.54) is 19.1 Å². The molecular formula is C24H25N3O3S. The van der Waals surface area contributed by atoms with Crippen LogP contribution in [0.15, 0.2) is 58.5 Å². The molecule has 3 aromatic rings. The number of hydrogen-bond acceptors (Lipinski definition) is 6. The third-order valence-corrected chi connectivity index (χ3v) is 5.95. The van der Waals surface area contributed by atoms with Crippen molar-refractivity contribution in [3.63, 3.8) is 0 Å². The monoisotopic (exact) mass is 435 g/mol. The zero-order chi connectivity index (χ0) is 22.0. The average Bonchev–Trinajstić information content (AvgIpc) is 3.62. The zero-order valence-corrected chi connectivity index (χ0v) is 18.3. The lowest BCUT2D eigenvalue weighted by molar-refractivity contribution is 0.301. The van der Waals surface area contributed by atoms with Crippen LogP contribution in [-0.4, -0.2) is 29.0 Å². The van der Waals surface area contributed by atoms with Crippen molar-refractivity contribution in [1.29, 1.82) is 5.41 Å². The fourth-order valence-corrected chi connectivity index (χ4v) is 3.92. The van der Waals surface area contributed by atoms with Gasteiger partial charge in [-0.25, -0.2) is 0 Å². The third kappa shape index (κ3) is 4.38. The number of pyridine rings is 1. The molecule has 0 saturated heterocycles. The summed E-state index contributed by atoms with van der Waals surface area (Å²) in [6.07, 6.45) is 7.23. The van der Waals surface area contributed by atoms with Crippen LogP contribution in [0.2, 0.25) is 0 Å². The minimum absolute atomic E-state index is 0.0903. The maximum atomic E-state index is 12.8. The van der Waals surface area contributed by atoms with Crippen LogP contribution >= 0.6 is 12.0 Å². The second-order valence-electron chi connectivity index (χ2n) is 7.76. The number of benzene rings is 2. The van der Waals surface area contributed by atoms with Crippen molar-refractivity contribution in [1.82, 2.24) is 9.88 Å². The molecule has 0 unspecified atom stereocenters. The van der Waals surface area contributed by atoms with Crippen LogP contribution in [0.4, 0.5) is 0 Å². The van der Waals surface area contributed by atoms with E-state index in [1.54, 1.807) is 30.9 Å². The topological polar surface area (TPSA) is 87.3 Å². The predicted octanol–water partition coefficient (Wildman–Crippen LogP) is 4.77. The summed E-state index contributed by atoms with van der Waals surface area (Å²) in [5, 5.41) is 12.1. The van der Waals surface area contributed by atoms with E-state index < -0.39 is 0 Å². The van der Waals surface area contributed by atoms with Gasteiger partial charge in [0.25, 0.3) is 5.56 Å². The number of hydrogen-bond donors (Lipinski definition) is 3. The lowest BCUT2D eigenvalue weighted by atomic mass is 9.96. The van der Waals surface area contributed by atoms with Gasteiger partial charge in [-0.05, 0) is 60.0 Å². The third-order valence-electron chi connectivity index (χ3n) is 5.49. The molecule has 0 atom stereocenters. The first-order valence-electron chi connectivity index (χ1n) is 10.2. The highest BCUT2D eigenvalue weighted by Gasteiger charge is 2.23. The minimum Gasteiger partial charge on any atom is -0.493 e. The highest BCUT2D eigenvalue weighted by atomic mass is 32.2. The fraction of sp³-hybridized carbons (Fsp3) is 0.250. The Hall–Kier alpha value is -3.03. The van der Waals surface area contributed by atoms with Gasteiger partial charge >= 0.3 is 0 Å². The Kier molecular flexibility index (Phi) is 6.15. The molecule has 1 saturated carbocycles. The number of ether oxygens (including phenoxy) is 1. The first kappa shape index (κ1) is 21.2. The fourth-order valence-electron chi connectivity index (χ4n) is 3.62. The van der Waals surface area contributed by atoms with E-state index in [4.69, 9.17) is 10.1 Å². The number of nitrogens with zero attached hydrogens (tertiary/aromatic N) is 1. The van der Waals surface area contributed by atoms with Crippen molar-refractivity contribution < 1.29 is 9.29 Å². The summed E-state index contributed by atoms with van der Waals surface area (Å²) in [7, 11) is 3.52. The smallest absolute Gasteiger partial charge is 0.258 e. The van der Waals surface area contributed by atoms with Gasteiger partial charge in [-0.2, -0.15) is 0 Å². The van der Waals surface area contributed by atoms with Crippen LogP contribution in [-0.2, 0) is 7.05 Å². The zero-order valence-electron chi connectivity index (χ0n) is 17.5. The van der Waals surface area contributed by atoms with Crippen LogP contribution in [0.3, 0.4) is 0 Å². The van der Waals surface area contributed by atoms with E-state index in [0.717, 1.165) is 27.8 Å². The Bertz CT molecular complexity index is 1230. The van der Waals surface area contributed by atoms with Gasteiger partial charge in [0.15, 0.2) is 0 Å². The molecule has 0 aliphatic heterocycles. The molecule has 1 aromatic heterocycles. The van der Waals surface area contributed by atoms with E-state index in [-0.39, 0.29) is 5.56 Å². The number of allylic oxidation sites excluding steroid dienone is 1. The molecule has 160 valence electrons. The molecule has 1 aliphatic rings. The molecule has 6 nitrogen and oxygen atoms in total. The first-order valence-corrected chi connectivity index (χ1v) is 10.9. The van der Waals surface area contributed by atoms with Crippen molar-refractivity contribution in [2.24, 2.45) is 13.0 Å². The molecule has 0 amide bonds. The highest BCUT2D eigenvalue weighted by Crippen LogP contribution is 2.38. The van der Waals surface area contributed by atoms with Gasteiger partial charge in [0.2, 0.25) is 0 Å². The molecular weight excluding hydrogens is 410 g/mol. The molecule has 1 fully saturated rings. The van der Waals surface area contributed by atoms with Crippen molar-refractivity contribution in [3.05, 3.63) is 64.7 Å².